The zero-order chi connectivity index (χ0) is 10.6. The number of aliphatic hydroxyl groups excluding tert-OH is 1. The maximum absolute atomic E-state index is 8.78. The molecule has 0 aromatic carbocycles. The molecule has 1 unspecified atom stereocenters. The zero-order valence-electron chi connectivity index (χ0n) is 7.80. The number of nitrogens with zero attached hydrogens (tertiary/aromatic N) is 1. The van der Waals surface area contributed by atoms with Gasteiger partial charge in [-0.05, 0) is 45.2 Å². The fourth-order valence-electron chi connectivity index (χ4n) is 1.06. The van der Waals surface area contributed by atoms with E-state index in [1.807, 2.05) is 6.92 Å². The molecule has 0 aliphatic heterocycles. The van der Waals surface area contributed by atoms with Crippen molar-refractivity contribution in [2.24, 2.45) is 0 Å². The Kier molecular flexibility index (Phi) is 4.84. The van der Waals surface area contributed by atoms with Crippen molar-refractivity contribution in [2.45, 2.75) is 19.4 Å². The lowest BCUT2D eigenvalue weighted by atomic mass is 10.2. The summed E-state index contributed by atoms with van der Waals surface area (Å²) >= 11 is 6.82. The van der Waals surface area contributed by atoms with Crippen molar-refractivity contribution in [3.8, 4) is 0 Å². The van der Waals surface area contributed by atoms with Crippen LogP contribution >= 0.6 is 31.9 Å². The molecule has 78 valence electrons. The van der Waals surface area contributed by atoms with Gasteiger partial charge in [-0.2, -0.15) is 0 Å². The van der Waals surface area contributed by atoms with Gasteiger partial charge in [-0.15, -0.1) is 0 Å². The lowest BCUT2D eigenvalue weighted by Gasteiger charge is -2.16. The number of aliphatic hydroxyl groups is 1. The minimum atomic E-state index is 0.189. The summed E-state index contributed by atoms with van der Waals surface area (Å²) in [6.45, 7) is 2.21. The molecule has 0 aliphatic carbocycles. The first kappa shape index (κ1) is 11.9. The second-order valence-electron chi connectivity index (χ2n) is 3.04. The van der Waals surface area contributed by atoms with Gasteiger partial charge in [0.05, 0.1) is 14.6 Å². The molecule has 0 amide bonds. The molecule has 1 aromatic rings. The largest absolute Gasteiger partial charge is 0.396 e. The predicted molar refractivity (Wildman–Crippen MR) is 64.4 cm³/mol. The number of nitrogens with one attached hydrogen (secondary N) is 1. The average Bonchev–Trinajstić information content (AvgIpc) is 2.12. The van der Waals surface area contributed by atoms with Gasteiger partial charge in [0.25, 0.3) is 0 Å². The average molecular weight is 324 g/mol. The Balaban J connectivity index is 2.75. The maximum Gasteiger partial charge on any atom is 0.0662 e. The third-order valence-electron chi connectivity index (χ3n) is 1.81. The lowest BCUT2D eigenvalue weighted by Crippen LogP contribution is -2.17. The fourth-order valence-corrected chi connectivity index (χ4v) is 2.22. The molecule has 1 heterocycles. The number of hydrogen-bond acceptors (Lipinski definition) is 3. The van der Waals surface area contributed by atoms with Gasteiger partial charge in [0, 0.05) is 25.0 Å². The van der Waals surface area contributed by atoms with Crippen LogP contribution in [0.5, 0.6) is 0 Å². The van der Waals surface area contributed by atoms with Gasteiger partial charge in [-0.25, -0.2) is 0 Å². The first-order valence-corrected chi connectivity index (χ1v) is 5.90. The zero-order valence-corrected chi connectivity index (χ0v) is 11.0. The molecular weight excluding hydrogens is 312 g/mol. The van der Waals surface area contributed by atoms with Gasteiger partial charge in [0.15, 0.2) is 0 Å². The van der Waals surface area contributed by atoms with E-state index in [4.69, 9.17) is 5.11 Å². The number of aromatic nitrogens is 1. The summed E-state index contributed by atoms with van der Waals surface area (Å²) in [5, 5.41) is 12.1. The summed E-state index contributed by atoms with van der Waals surface area (Å²) in [4.78, 5) is 4.01. The van der Waals surface area contributed by atoms with Gasteiger partial charge in [0.1, 0.15) is 0 Å². The van der Waals surface area contributed by atoms with Gasteiger partial charge >= 0.3 is 0 Å². The molecule has 3 nitrogen and oxygen atoms in total. The Hall–Kier alpha value is -0.130. The van der Waals surface area contributed by atoms with Crippen LogP contribution in [-0.4, -0.2) is 22.7 Å². The van der Waals surface area contributed by atoms with Crippen LogP contribution < -0.4 is 5.32 Å². The minimum Gasteiger partial charge on any atom is -0.396 e. The van der Waals surface area contributed by atoms with Gasteiger partial charge in [0.2, 0.25) is 0 Å². The topological polar surface area (TPSA) is 45.1 Å². The second-order valence-corrected chi connectivity index (χ2v) is 4.74. The van der Waals surface area contributed by atoms with Crippen LogP contribution in [0.25, 0.3) is 0 Å². The Morgan fingerprint density at radius 3 is 2.50 bits per heavy atom. The molecule has 0 aliphatic rings. The molecule has 0 spiro atoms. The number of halogens is 2. The molecule has 14 heavy (non-hydrogen) atoms. The van der Waals surface area contributed by atoms with Crippen LogP contribution in [0.1, 0.15) is 13.3 Å². The van der Waals surface area contributed by atoms with E-state index in [2.05, 4.69) is 42.2 Å². The van der Waals surface area contributed by atoms with Crippen LogP contribution in [0.3, 0.4) is 0 Å². The summed E-state index contributed by atoms with van der Waals surface area (Å²) in [6, 6.07) is 0.231. The standard InChI is InChI=1S/C9H12Br2N2O/c1-6(2-3-14)13-9-7(10)4-12-5-8(9)11/h4-6,14H,2-3H2,1H3,(H,12,13). The van der Waals surface area contributed by atoms with E-state index in [0.29, 0.717) is 0 Å². The van der Waals surface area contributed by atoms with E-state index in [0.717, 1.165) is 21.1 Å². The highest BCUT2D eigenvalue weighted by Crippen LogP contribution is 2.30. The smallest absolute Gasteiger partial charge is 0.0662 e. The van der Waals surface area contributed by atoms with E-state index in [1.54, 1.807) is 12.4 Å². The van der Waals surface area contributed by atoms with Crippen LogP contribution in [-0.2, 0) is 0 Å². The molecule has 0 bridgehead atoms. The Labute approximate surface area is 100 Å². The Bertz CT molecular complexity index is 287. The Morgan fingerprint density at radius 2 is 2.00 bits per heavy atom. The van der Waals surface area contributed by atoms with Crippen LogP contribution in [0, 0.1) is 0 Å². The molecule has 5 heteroatoms. The summed E-state index contributed by atoms with van der Waals surface area (Å²) in [5.74, 6) is 0. The summed E-state index contributed by atoms with van der Waals surface area (Å²) in [7, 11) is 0. The van der Waals surface area contributed by atoms with Crippen molar-refractivity contribution in [3.63, 3.8) is 0 Å². The normalized spacial score (nSPS) is 12.6. The predicted octanol–water partition coefficient (Wildman–Crippen LogP) is 2.79. The van der Waals surface area contributed by atoms with Gasteiger partial charge in [-0.1, -0.05) is 0 Å². The number of pyridine rings is 1. The van der Waals surface area contributed by atoms with E-state index in [1.165, 1.54) is 0 Å². The molecule has 0 saturated heterocycles. The highest BCUT2D eigenvalue weighted by molar-refractivity contribution is 9.11. The first-order valence-electron chi connectivity index (χ1n) is 4.31. The van der Waals surface area contributed by atoms with Gasteiger partial charge in [-0.3, -0.25) is 4.98 Å². The SMILES string of the molecule is CC(CCO)Nc1c(Br)cncc1Br. The highest BCUT2D eigenvalue weighted by Gasteiger charge is 2.08. The van der Waals surface area contributed by atoms with Crippen LogP contribution in [0.4, 0.5) is 5.69 Å². The molecule has 0 radical (unpaired) electrons. The summed E-state index contributed by atoms with van der Waals surface area (Å²) in [5.41, 5.74) is 0.973. The number of rotatable bonds is 4. The molecule has 0 saturated carbocycles. The van der Waals surface area contributed by atoms with Crippen LogP contribution in [0.2, 0.25) is 0 Å². The fraction of sp³-hybridized carbons (Fsp3) is 0.444. The second kappa shape index (κ2) is 5.68. The van der Waals surface area contributed by atoms with Crippen molar-refractivity contribution >= 4 is 37.5 Å². The Morgan fingerprint density at radius 1 is 1.43 bits per heavy atom. The van der Waals surface area contributed by atoms with Crippen molar-refractivity contribution in [1.29, 1.82) is 0 Å². The number of anilines is 1. The minimum absolute atomic E-state index is 0.189. The molecular formula is C9H12Br2N2O. The third kappa shape index (κ3) is 3.22. The van der Waals surface area contributed by atoms with Gasteiger partial charge < -0.3 is 10.4 Å². The lowest BCUT2D eigenvalue weighted by molar-refractivity contribution is 0.282. The van der Waals surface area contributed by atoms with E-state index >= 15 is 0 Å². The van der Waals surface area contributed by atoms with E-state index in [9.17, 15) is 0 Å². The van der Waals surface area contributed by atoms with Crippen molar-refractivity contribution in [1.82, 2.24) is 4.98 Å². The summed E-state index contributed by atoms with van der Waals surface area (Å²) < 4.78 is 1.83. The first-order chi connectivity index (χ1) is 6.65. The maximum atomic E-state index is 8.78. The third-order valence-corrected chi connectivity index (χ3v) is 3.01. The van der Waals surface area contributed by atoms with Crippen molar-refractivity contribution < 1.29 is 5.11 Å². The molecule has 1 rings (SSSR count). The monoisotopic (exact) mass is 322 g/mol. The molecule has 2 N–H and O–H groups in total. The molecule has 1 atom stereocenters. The van der Waals surface area contributed by atoms with Crippen LogP contribution in [0.15, 0.2) is 21.3 Å². The molecule has 1 aromatic heterocycles. The highest BCUT2D eigenvalue weighted by atomic mass is 79.9. The van der Waals surface area contributed by atoms with E-state index < -0.39 is 0 Å². The molecule has 0 fully saturated rings. The van der Waals surface area contributed by atoms with E-state index in [-0.39, 0.29) is 12.6 Å². The summed E-state index contributed by atoms with van der Waals surface area (Å²) in [6.07, 6.45) is 4.19. The van der Waals surface area contributed by atoms with Crippen molar-refractivity contribution in [3.05, 3.63) is 21.3 Å². The quantitative estimate of drug-likeness (QED) is 0.895. The number of hydrogen-bond donors (Lipinski definition) is 2. The van der Waals surface area contributed by atoms with Crippen molar-refractivity contribution in [2.75, 3.05) is 11.9 Å².